The summed E-state index contributed by atoms with van der Waals surface area (Å²) >= 11 is 6.15. The Morgan fingerprint density at radius 2 is 1.87 bits per heavy atom. The second-order valence-electron chi connectivity index (χ2n) is 5.29. The Morgan fingerprint density at radius 3 is 2.52 bits per heavy atom. The summed E-state index contributed by atoms with van der Waals surface area (Å²) in [5, 5.41) is 4.74. The van der Waals surface area contributed by atoms with Crippen LogP contribution in [-0.4, -0.2) is 58.6 Å². The zero-order valence-electron chi connectivity index (χ0n) is 12.4. The lowest BCUT2D eigenvalue weighted by molar-refractivity contribution is 0.0758. The van der Waals surface area contributed by atoms with Crippen molar-refractivity contribution in [2.75, 3.05) is 24.6 Å². The van der Waals surface area contributed by atoms with E-state index in [-0.39, 0.29) is 36.3 Å². The molecule has 1 aliphatic rings. The molecule has 122 valence electrons. The molecule has 2 aromatic rings. The van der Waals surface area contributed by atoms with Gasteiger partial charge in [-0.25, -0.2) is 18.1 Å². The van der Waals surface area contributed by atoms with E-state index >= 15 is 0 Å². The largest absolute Gasteiger partial charge is 0.334 e. The minimum absolute atomic E-state index is 0.0249. The first kappa shape index (κ1) is 15.9. The molecular weight excluding hydrogens is 340 g/mol. The minimum Gasteiger partial charge on any atom is -0.334 e. The van der Waals surface area contributed by atoms with Crippen molar-refractivity contribution in [2.45, 2.75) is 6.92 Å². The first-order valence-electron chi connectivity index (χ1n) is 7.06. The number of hydrogen-bond donors (Lipinski definition) is 0. The second-order valence-corrected chi connectivity index (χ2v) is 8.00. The Morgan fingerprint density at radius 1 is 1.22 bits per heavy atom. The van der Waals surface area contributed by atoms with Gasteiger partial charge in [0.1, 0.15) is 5.82 Å². The third-order valence-electron chi connectivity index (χ3n) is 3.67. The third kappa shape index (κ3) is 3.23. The molecule has 1 saturated heterocycles. The van der Waals surface area contributed by atoms with Crippen LogP contribution in [0.3, 0.4) is 0 Å². The lowest BCUT2D eigenvalue weighted by atomic mass is 10.3. The van der Waals surface area contributed by atoms with E-state index < -0.39 is 9.84 Å². The first-order chi connectivity index (χ1) is 10.9. The van der Waals surface area contributed by atoms with E-state index in [1.54, 1.807) is 25.1 Å². The van der Waals surface area contributed by atoms with E-state index in [0.717, 1.165) is 0 Å². The van der Waals surface area contributed by atoms with E-state index in [1.807, 2.05) is 6.07 Å². The zero-order chi connectivity index (χ0) is 16.6. The van der Waals surface area contributed by atoms with E-state index in [0.29, 0.717) is 16.5 Å². The minimum atomic E-state index is -3.04. The van der Waals surface area contributed by atoms with Crippen LogP contribution in [0.2, 0.25) is 5.02 Å². The van der Waals surface area contributed by atoms with E-state index in [9.17, 15) is 13.2 Å². The van der Waals surface area contributed by atoms with Gasteiger partial charge in [0.05, 0.1) is 22.2 Å². The molecule has 0 radical (unpaired) electrons. The molecule has 3 rings (SSSR count). The normalized spacial score (nSPS) is 17.2. The molecule has 7 nitrogen and oxygen atoms in total. The number of sulfone groups is 1. The SMILES string of the molecule is Cc1nc(C(=O)N2CCS(=O)(=O)CC2)nn1-c1ccccc1Cl. The average molecular weight is 355 g/mol. The number of carbonyl (C=O) groups is 1. The van der Waals surface area contributed by atoms with Crippen LogP contribution in [0.25, 0.3) is 5.69 Å². The number of amides is 1. The molecule has 1 aromatic heterocycles. The number of hydrogen-bond acceptors (Lipinski definition) is 5. The summed E-state index contributed by atoms with van der Waals surface area (Å²) in [6.07, 6.45) is 0. The fourth-order valence-corrected chi connectivity index (χ4v) is 3.81. The third-order valence-corrected chi connectivity index (χ3v) is 5.60. The average Bonchev–Trinajstić information content (AvgIpc) is 2.89. The first-order valence-corrected chi connectivity index (χ1v) is 9.25. The van der Waals surface area contributed by atoms with Crippen molar-refractivity contribution >= 4 is 27.3 Å². The summed E-state index contributed by atoms with van der Waals surface area (Å²) in [6.45, 7) is 2.06. The molecule has 9 heteroatoms. The summed E-state index contributed by atoms with van der Waals surface area (Å²) < 4.78 is 24.4. The maximum absolute atomic E-state index is 12.5. The monoisotopic (exact) mass is 354 g/mol. The van der Waals surface area contributed by atoms with Crippen molar-refractivity contribution in [3.63, 3.8) is 0 Å². The van der Waals surface area contributed by atoms with Crippen LogP contribution in [0.5, 0.6) is 0 Å². The van der Waals surface area contributed by atoms with Crippen LogP contribution in [0.4, 0.5) is 0 Å². The molecule has 23 heavy (non-hydrogen) atoms. The molecular formula is C14H15ClN4O3S. The number of aromatic nitrogens is 3. The van der Waals surface area contributed by atoms with Gasteiger partial charge in [0.15, 0.2) is 9.84 Å². The highest BCUT2D eigenvalue weighted by molar-refractivity contribution is 7.91. The van der Waals surface area contributed by atoms with Gasteiger partial charge in [-0.3, -0.25) is 4.79 Å². The molecule has 1 amide bonds. The zero-order valence-corrected chi connectivity index (χ0v) is 14.0. The van der Waals surface area contributed by atoms with Gasteiger partial charge in [0.2, 0.25) is 5.82 Å². The lowest BCUT2D eigenvalue weighted by Crippen LogP contribution is -2.44. The van der Waals surface area contributed by atoms with Gasteiger partial charge in [-0.1, -0.05) is 23.7 Å². The van der Waals surface area contributed by atoms with Gasteiger partial charge in [0.25, 0.3) is 5.91 Å². The number of benzene rings is 1. The van der Waals surface area contributed by atoms with E-state index in [1.165, 1.54) is 9.58 Å². The smallest absolute Gasteiger partial charge is 0.293 e. The van der Waals surface area contributed by atoms with Gasteiger partial charge in [-0.05, 0) is 19.1 Å². The van der Waals surface area contributed by atoms with Gasteiger partial charge in [-0.2, -0.15) is 0 Å². The van der Waals surface area contributed by atoms with Crippen LogP contribution < -0.4 is 0 Å². The fraction of sp³-hybridized carbons (Fsp3) is 0.357. The molecule has 0 spiro atoms. The highest BCUT2D eigenvalue weighted by Gasteiger charge is 2.28. The topological polar surface area (TPSA) is 85.2 Å². The number of nitrogens with zero attached hydrogens (tertiary/aromatic N) is 4. The van der Waals surface area contributed by atoms with E-state index in [2.05, 4.69) is 10.1 Å². The van der Waals surface area contributed by atoms with Crippen molar-refractivity contribution in [1.29, 1.82) is 0 Å². The summed E-state index contributed by atoms with van der Waals surface area (Å²) in [4.78, 5) is 18.1. The Balaban J connectivity index is 1.87. The number of rotatable bonds is 2. The Bertz CT molecular complexity index is 849. The Labute approximate surface area is 138 Å². The Hall–Kier alpha value is -1.93. The van der Waals surface area contributed by atoms with E-state index in [4.69, 9.17) is 11.6 Å². The number of para-hydroxylation sites is 1. The molecule has 0 unspecified atom stereocenters. The standard InChI is InChI=1S/C14H15ClN4O3S/c1-10-16-13(14(20)18-6-8-23(21,22)9-7-18)17-19(10)12-5-3-2-4-11(12)15/h2-5H,6-9H2,1H3. The summed E-state index contributed by atoms with van der Waals surface area (Å²) in [5.74, 6) is 0.160. The van der Waals surface area contributed by atoms with Crippen molar-refractivity contribution in [3.8, 4) is 5.69 Å². The molecule has 0 N–H and O–H groups in total. The Kier molecular flexibility index (Phi) is 4.11. The highest BCUT2D eigenvalue weighted by Crippen LogP contribution is 2.20. The number of carbonyl (C=O) groups excluding carboxylic acids is 1. The summed E-state index contributed by atoms with van der Waals surface area (Å²) in [5.41, 5.74) is 0.638. The molecule has 0 bridgehead atoms. The van der Waals surface area contributed by atoms with Crippen molar-refractivity contribution in [3.05, 3.63) is 40.9 Å². The molecule has 0 atom stereocenters. The fourth-order valence-electron chi connectivity index (χ4n) is 2.39. The lowest BCUT2D eigenvalue weighted by Gasteiger charge is -2.25. The quantitative estimate of drug-likeness (QED) is 0.806. The van der Waals surface area contributed by atoms with Gasteiger partial charge in [0, 0.05) is 13.1 Å². The van der Waals surface area contributed by atoms with Gasteiger partial charge >= 0.3 is 0 Å². The maximum Gasteiger partial charge on any atom is 0.293 e. The molecule has 1 fully saturated rings. The molecule has 0 aliphatic carbocycles. The molecule has 2 heterocycles. The van der Waals surface area contributed by atoms with Crippen LogP contribution in [0.15, 0.2) is 24.3 Å². The van der Waals surface area contributed by atoms with Crippen LogP contribution in [-0.2, 0) is 9.84 Å². The molecule has 1 aromatic carbocycles. The predicted octanol–water partition coefficient (Wildman–Crippen LogP) is 1.10. The van der Waals surface area contributed by atoms with Crippen molar-refractivity contribution < 1.29 is 13.2 Å². The highest BCUT2D eigenvalue weighted by atomic mass is 35.5. The van der Waals surface area contributed by atoms with Gasteiger partial charge < -0.3 is 4.90 Å². The second kappa shape index (κ2) is 5.93. The van der Waals surface area contributed by atoms with Crippen LogP contribution in [0, 0.1) is 6.92 Å². The number of halogens is 1. The van der Waals surface area contributed by atoms with Gasteiger partial charge in [-0.15, -0.1) is 5.10 Å². The number of aryl methyl sites for hydroxylation is 1. The predicted molar refractivity (Wildman–Crippen MR) is 85.7 cm³/mol. The van der Waals surface area contributed by atoms with Crippen molar-refractivity contribution in [2.24, 2.45) is 0 Å². The maximum atomic E-state index is 12.5. The van der Waals surface area contributed by atoms with Crippen LogP contribution >= 0.6 is 11.6 Å². The summed E-state index contributed by atoms with van der Waals surface area (Å²) in [6, 6.07) is 7.14. The molecule has 1 aliphatic heterocycles. The molecule has 0 saturated carbocycles. The summed E-state index contributed by atoms with van der Waals surface area (Å²) in [7, 11) is -3.04. The van der Waals surface area contributed by atoms with Crippen LogP contribution in [0.1, 0.15) is 16.4 Å². The van der Waals surface area contributed by atoms with Crippen molar-refractivity contribution in [1.82, 2.24) is 19.7 Å².